The molecule has 0 bridgehead atoms. The molecule has 6 heteroatoms. The largest absolute Gasteiger partial charge is 0.464 e. The van der Waals surface area contributed by atoms with Gasteiger partial charge in [0, 0.05) is 10.4 Å². The predicted octanol–water partition coefficient (Wildman–Crippen LogP) is 4.51. The number of aromatic nitrogens is 2. The average Bonchev–Trinajstić information content (AvgIpc) is 3.07. The number of benzene rings is 1. The molecular formula is C23H26N2O3S. The Morgan fingerprint density at radius 3 is 2.83 bits per heavy atom. The van der Waals surface area contributed by atoms with Crippen molar-refractivity contribution in [2.24, 2.45) is 5.92 Å². The van der Waals surface area contributed by atoms with Crippen LogP contribution >= 0.6 is 11.3 Å². The summed E-state index contributed by atoms with van der Waals surface area (Å²) in [6.45, 7) is 6.20. The lowest BCUT2D eigenvalue weighted by Gasteiger charge is -2.14. The lowest BCUT2D eigenvalue weighted by Crippen LogP contribution is -2.28. The van der Waals surface area contributed by atoms with Gasteiger partial charge in [-0.1, -0.05) is 37.6 Å². The van der Waals surface area contributed by atoms with E-state index >= 15 is 0 Å². The van der Waals surface area contributed by atoms with Gasteiger partial charge in [0.05, 0.1) is 12.0 Å². The second kappa shape index (κ2) is 8.11. The molecule has 0 radical (unpaired) electrons. The minimum atomic E-state index is -0.403. The van der Waals surface area contributed by atoms with Gasteiger partial charge in [0.1, 0.15) is 17.2 Å². The first kappa shape index (κ1) is 19.8. The lowest BCUT2D eigenvalue weighted by atomic mass is 9.97. The second-order valence-electron chi connectivity index (χ2n) is 8.16. The van der Waals surface area contributed by atoms with E-state index in [-0.39, 0.29) is 18.0 Å². The summed E-state index contributed by atoms with van der Waals surface area (Å²) < 4.78 is 6.86. The number of esters is 1. The summed E-state index contributed by atoms with van der Waals surface area (Å²) in [6.07, 6.45) is 4.16. The van der Waals surface area contributed by atoms with E-state index in [9.17, 15) is 9.59 Å². The van der Waals surface area contributed by atoms with Crippen molar-refractivity contribution in [2.45, 2.75) is 53.0 Å². The highest BCUT2D eigenvalue weighted by molar-refractivity contribution is 7.18. The van der Waals surface area contributed by atoms with Crippen LogP contribution in [0.4, 0.5) is 0 Å². The quantitative estimate of drug-likeness (QED) is 0.581. The van der Waals surface area contributed by atoms with Gasteiger partial charge in [-0.2, -0.15) is 0 Å². The van der Waals surface area contributed by atoms with Gasteiger partial charge in [-0.25, -0.2) is 4.98 Å². The van der Waals surface area contributed by atoms with E-state index < -0.39 is 5.97 Å². The van der Waals surface area contributed by atoms with Crippen molar-refractivity contribution in [1.82, 2.24) is 9.55 Å². The van der Waals surface area contributed by atoms with Crippen molar-refractivity contribution >= 4 is 27.5 Å². The standard InChI is InChI=1S/C23H26N2O3S/c1-14(2)13-28-19(26)12-25-21(16-8-6-7-15(3)11-16)24-22-20(23(25)27)17-9-4-5-10-18(17)29-22/h6-8,11,14H,4-5,9-10,12-13H2,1-3H3. The van der Waals surface area contributed by atoms with Gasteiger partial charge in [0.25, 0.3) is 5.56 Å². The highest BCUT2D eigenvalue weighted by Gasteiger charge is 2.23. The molecule has 0 fully saturated rings. The molecule has 152 valence electrons. The van der Waals surface area contributed by atoms with Crippen molar-refractivity contribution in [2.75, 3.05) is 6.61 Å². The Hall–Kier alpha value is -2.47. The van der Waals surface area contributed by atoms with Gasteiger partial charge in [0.15, 0.2) is 0 Å². The average molecular weight is 411 g/mol. The van der Waals surface area contributed by atoms with Crippen LogP contribution in [0.15, 0.2) is 29.1 Å². The number of nitrogens with zero attached hydrogens (tertiary/aromatic N) is 2. The molecule has 2 heterocycles. The molecule has 1 aromatic carbocycles. The Balaban J connectivity index is 1.87. The van der Waals surface area contributed by atoms with Gasteiger partial charge >= 0.3 is 5.97 Å². The summed E-state index contributed by atoms with van der Waals surface area (Å²) in [5.74, 6) is 0.377. The molecule has 0 saturated heterocycles. The van der Waals surface area contributed by atoms with Gasteiger partial charge < -0.3 is 4.74 Å². The van der Waals surface area contributed by atoms with Crippen LogP contribution in [0.2, 0.25) is 0 Å². The maximum absolute atomic E-state index is 13.5. The molecule has 4 rings (SSSR count). The number of ether oxygens (including phenoxy) is 1. The molecule has 5 nitrogen and oxygen atoms in total. The molecule has 0 atom stereocenters. The first-order chi connectivity index (χ1) is 13.9. The van der Waals surface area contributed by atoms with Crippen molar-refractivity contribution in [3.63, 3.8) is 0 Å². The number of aryl methyl sites for hydroxylation is 3. The van der Waals surface area contributed by atoms with Crippen LogP contribution < -0.4 is 5.56 Å². The summed E-state index contributed by atoms with van der Waals surface area (Å²) in [4.78, 5) is 32.9. The summed E-state index contributed by atoms with van der Waals surface area (Å²) in [5, 5.41) is 0.692. The highest BCUT2D eigenvalue weighted by Crippen LogP contribution is 2.34. The minimum absolute atomic E-state index is 0.123. The van der Waals surface area contributed by atoms with E-state index in [0.717, 1.165) is 47.2 Å². The van der Waals surface area contributed by atoms with E-state index in [1.54, 1.807) is 11.3 Å². The molecule has 0 aliphatic heterocycles. The monoisotopic (exact) mass is 410 g/mol. The lowest BCUT2D eigenvalue weighted by molar-refractivity contribution is -0.145. The van der Waals surface area contributed by atoms with E-state index in [1.807, 2.05) is 45.0 Å². The molecule has 1 aliphatic carbocycles. The number of hydrogen-bond donors (Lipinski definition) is 0. The maximum atomic E-state index is 13.5. The van der Waals surface area contributed by atoms with Crippen LogP contribution in [-0.4, -0.2) is 22.1 Å². The van der Waals surface area contributed by atoms with E-state index in [4.69, 9.17) is 9.72 Å². The van der Waals surface area contributed by atoms with Crippen LogP contribution in [0.5, 0.6) is 0 Å². The molecule has 0 saturated carbocycles. The molecule has 1 aliphatic rings. The predicted molar refractivity (Wildman–Crippen MR) is 116 cm³/mol. The Morgan fingerprint density at radius 1 is 1.28 bits per heavy atom. The third kappa shape index (κ3) is 3.99. The summed E-state index contributed by atoms with van der Waals surface area (Å²) >= 11 is 1.63. The summed E-state index contributed by atoms with van der Waals surface area (Å²) in [7, 11) is 0. The minimum Gasteiger partial charge on any atom is -0.464 e. The van der Waals surface area contributed by atoms with Crippen LogP contribution in [0.1, 0.15) is 42.7 Å². The van der Waals surface area contributed by atoms with Gasteiger partial charge in [0.2, 0.25) is 0 Å². The summed E-state index contributed by atoms with van der Waals surface area (Å²) in [5.41, 5.74) is 2.92. The first-order valence-corrected chi connectivity index (χ1v) is 11.0. The fraction of sp³-hybridized carbons (Fsp3) is 0.435. The normalized spacial score (nSPS) is 13.7. The number of fused-ring (bicyclic) bond motifs is 3. The molecule has 29 heavy (non-hydrogen) atoms. The van der Waals surface area contributed by atoms with E-state index in [1.165, 1.54) is 9.44 Å². The maximum Gasteiger partial charge on any atom is 0.326 e. The zero-order chi connectivity index (χ0) is 20.5. The number of carbonyl (C=O) groups is 1. The fourth-order valence-corrected chi connectivity index (χ4v) is 5.08. The topological polar surface area (TPSA) is 61.2 Å². The second-order valence-corrected chi connectivity index (χ2v) is 9.25. The van der Waals surface area contributed by atoms with Crippen LogP contribution in [-0.2, 0) is 28.9 Å². The number of hydrogen-bond acceptors (Lipinski definition) is 5. The fourth-order valence-electron chi connectivity index (χ4n) is 3.82. The van der Waals surface area contributed by atoms with Crippen molar-refractivity contribution in [1.29, 1.82) is 0 Å². The molecule has 0 spiro atoms. The Labute approximate surface area is 174 Å². The molecule has 3 aromatic rings. The SMILES string of the molecule is Cc1cccc(-c2nc3sc4c(c3c(=O)n2CC(=O)OCC(C)C)CCCC4)c1. The third-order valence-corrected chi connectivity index (χ3v) is 6.40. The van der Waals surface area contributed by atoms with Crippen molar-refractivity contribution in [3.05, 3.63) is 50.6 Å². The molecular weight excluding hydrogens is 384 g/mol. The Morgan fingerprint density at radius 2 is 2.07 bits per heavy atom. The third-order valence-electron chi connectivity index (χ3n) is 5.22. The molecule has 0 unspecified atom stereocenters. The smallest absolute Gasteiger partial charge is 0.326 e. The van der Waals surface area contributed by atoms with Gasteiger partial charge in [-0.15, -0.1) is 11.3 Å². The summed E-state index contributed by atoms with van der Waals surface area (Å²) in [6, 6.07) is 7.88. The Kier molecular flexibility index (Phi) is 5.54. The van der Waals surface area contributed by atoms with Crippen molar-refractivity contribution < 1.29 is 9.53 Å². The Bertz CT molecular complexity index is 1130. The zero-order valence-electron chi connectivity index (χ0n) is 17.2. The van der Waals surface area contributed by atoms with Crippen LogP contribution in [0.3, 0.4) is 0 Å². The molecule has 0 N–H and O–H groups in total. The molecule has 2 aromatic heterocycles. The van der Waals surface area contributed by atoms with E-state index in [2.05, 4.69) is 0 Å². The number of carbonyl (C=O) groups excluding carboxylic acids is 1. The number of rotatable bonds is 5. The van der Waals surface area contributed by atoms with Gasteiger partial charge in [-0.05, 0) is 50.2 Å². The van der Waals surface area contributed by atoms with Gasteiger partial charge in [-0.3, -0.25) is 14.2 Å². The highest BCUT2D eigenvalue weighted by atomic mass is 32.1. The molecule has 0 amide bonds. The first-order valence-electron chi connectivity index (χ1n) is 10.2. The van der Waals surface area contributed by atoms with Crippen molar-refractivity contribution in [3.8, 4) is 11.4 Å². The zero-order valence-corrected chi connectivity index (χ0v) is 18.0. The van der Waals surface area contributed by atoms with Crippen LogP contribution in [0, 0.1) is 12.8 Å². The van der Waals surface area contributed by atoms with Crippen LogP contribution in [0.25, 0.3) is 21.6 Å². The van der Waals surface area contributed by atoms with E-state index in [0.29, 0.717) is 17.8 Å². The number of thiophene rings is 1.